The van der Waals surface area contributed by atoms with Crippen LogP contribution in [0.15, 0.2) is 100 Å². The number of benzene rings is 3. The number of phenolic OH excluding ortho intramolecular Hbond substituents is 1. The van der Waals surface area contributed by atoms with Crippen molar-refractivity contribution in [2.24, 2.45) is 23.7 Å². The molecule has 0 unspecified atom stereocenters. The maximum absolute atomic E-state index is 14.3. The molecule has 9 nitrogen and oxygen atoms in total. The molecular weight excluding hydrogens is 714 g/mol. The molecule has 3 aromatic carbocycles. The van der Waals surface area contributed by atoms with Gasteiger partial charge >= 0.3 is 0 Å². The Morgan fingerprint density at radius 1 is 0.804 bits per heavy atom. The number of nitrogens with zero attached hydrogens (tertiary/aromatic N) is 1. The first-order valence-corrected chi connectivity index (χ1v) is 17.2. The number of carbonyl (C=O) groups is 4. The van der Waals surface area contributed by atoms with Crippen LogP contribution in [0.2, 0.25) is 0 Å². The molecule has 1 heterocycles. The number of hydrogen-bond acceptors (Lipinski definition) is 8. The molecule has 0 bridgehead atoms. The number of halogens is 1. The fraction of sp³-hybridized carbons (Fsp3) is 0.220. The SMILES string of the molecule is COc1ccc(OC)c(C=Cc2ccc(N3C(=O)[C@H]4[C@H](CC=C5[C@H](C=Cc6ccc(O)c(OC)c6)C6=C(C[C@H]54)C(=O)C(Br)=CC6=O)C3=O)cc2)c1. The van der Waals surface area contributed by atoms with Gasteiger partial charge in [-0.25, -0.2) is 0 Å². The molecule has 51 heavy (non-hydrogen) atoms. The van der Waals surface area contributed by atoms with Crippen LogP contribution in [-0.2, 0) is 19.2 Å². The Bertz CT molecular complexity index is 2140. The van der Waals surface area contributed by atoms with Gasteiger partial charge in [-0.2, -0.15) is 0 Å². The van der Waals surface area contributed by atoms with Crippen LogP contribution in [0, 0.1) is 23.7 Å². The molecular formula is C41H34BrNO8. The fourth-order valence-electron chi connectivity index (χ4n) is 7.63. The lowest BCUT2D eigenvalue weighted by Gasteiger charge is -2.41. The van der Waals surface area contributed by atoms with E-state index in [1.165, 1.54) is 24.2 Å². The molecule has 2 amide bonds. The van der Waals surface area contributed by atoms with E-state index in [1.54, 1.807) is 38.5 Å². The Morgan fingerprint density at radius 3 is 2.27 bits per heavy atom. The van der Waals surface area contributed by atoms with Gasteiger partial charge in [0.15, 0.2) is 23.1 Å². The van der Waals surface area contributed by atoms with E-state index in [4.69, 9.17) is 14.2 Å². The van der Waals surface area contributed by atoms with Crippen molar-refractivity contribution in [3.05, 3.63) is 117 Å². The van der Waals surface area contributed by atoms with E-state index in [1.807, 2.05) is 60.7 Å². The Labute approximate surface area is 303 Å². The number of imide groups is 1. The van der Waals surface area contributed by atoms with Gasteiger partial charge in [-0.1, -0.05) is 54.2 Å². The second-order valence-corrected chi connectivity index (χ2v) is 13.6. The summed E-state index contributed by atoms with van der Waals surface area (Å²) in [5.74, 6) is -1.79. The monoisotopic (exact) mass is 747 g/mol. The summed E-state index contributed by atoms with van der Waals surface area (Å²) in [5, 5.41) is 10.1. The largest absolute Gasteiger partial charge is 0.504 e. The number of amides is 2. The number of rotatable bonds is 8. The van der Waals surface area contributed by atoms with Crippen LogP contribution in [0.3, 0.4) is 0 Å². The van der Waals surface area contributed by atoms with Gasteiger partial charge in [0.25, 0.3) is 0 Å². The molecule has 3 aliphatic carbocycles. The van der Waals surface area contributed by atoms with Crippen molar-refractivity contribution in [1.29, 1.82) is 0 Å². The van der Waals surface area contributed by atoms with Crippen LogP contribution < -0.4 is 19.1 Å². The number of allylic oxidation sites excluding steroid dienone is 7. The van der Waals surface area contributed by atoms with Gasteiger partial charge in [-0.05, 0) is 88.3 Å². The number of hydrogen-bond donors (Lipinski definition) is 1. The first kappa shape index (κ1) is 34.0. The topological polar surface area (TPSA) is 119 Å². The third kappa shape index (κ3) is 6.03. The minimum atomic E-state index is -0.691. The average Bonchev–Trinajstić information content (AvgIpc) is 3.40. The molecule has 258 valence electrons. The number of ketones is 2. The van der Waals surface area contributed by atoms with Gasteiger partial charge < -0.3 is 19.3 Å². The summed E-state index contributed by atoms with van der Waals surface area (Å²) in [6.07, 6.45) is 11.3. The highest BCUT2D eigenvalue weighted by molar-refractivity contribution is 9.12. The lowest BCUT2D eigenvalue weighted by Crippen LogP contribution is -2.40. The van der Waals surface area contributed by atoms with Crippen LogP contribution in [0.5, 0.6) is 23.0 Å². The van der Waals surface area contributed by atoms with Crippen LogP contribution in [0.25, 0.3) is 18.2 Å². The number of phenols is 1. The third-order valence-electron chi connectivity index (χ3n) is 10.1. The van der Waals surface area contributed by atoms with Crippen LogP contribution in [0.1, 0.15) is 29.5 Å². The van der Waals surface area contributed by atoms with Crippen molar-refractivity contribution in [3.63, 3.8) is 0 Å². The highest BCUT2D eigenvalue weighted by Crippen LogP contribution is 2.53. The van der Waals surface area contributed by atoms with Crippen molar-refractivity contribution in [2.45, 2.75) is 12.8 Å². The fourth-order valence-corrected chi connectivity index (χ4v) is 8.08. The van der Waals surface area contributed by atoms with Gasteiger partial charge in [-0.3, -0.25) is 24.1 Å². The zero-order chi connectivity index (χ0) is 36.0. The van der Waals surface area contributed by atoms with E-state index in [9.17, 15) is 24.3 Å². The number of aromatic hydroxyl groups is 1. The van der Waals surface area contributed by atoms with Gasteiger partial charge in [0.2, 0.25) is 11.8 Å². The molecule has 0 aromatic heterocycles. The Hall–Kier alpha value is -5.48. The maximum atomic E-state index is 14.3. The molecule has 1 fully saturated rings. The molecule has 3 aromatic rings. The van der Waals surface area contributed by atoms with E-state index in [0.717, 1.165) is 16.7 Å². The van der Waals surface area contributed by atoms with Crippen LogP contribution in [-0.4, -0.2) is 49.8 Å². The number of fused-ring (bicyclic) bond motifs is 3. The van der Waals surface area contributed by atoms with Gasteiger partial charge in [0.05, 0.1) is 43.3 Å². The second-order valence-electron chi connectivity index (χ2n) is 12.8. The summed E-state index contributed by atoms with van der Waals surface area (Å²) in [5.41, 5.74) is 4.47. The second kappa shape index (κ2) is 13.7. The maximum Gasteiger partial charge on any atom is 0.238 e. The van der Waals surface area contributed by atoms with E-state index >= 15 is 0 Å². The van der Waals surface area contributed by atoms with Gasteiger partial charge in [-0.15, -0.1) is 0 Å². The minimum Gasteiger partial charge on any atom is -0.504 e. The molecule has 4 aliphatic rings. The van der Waals surface area contributed by atoms with Gasteiger partial charge in [0.1, 0.15) is 11.5 Å². The summed E-state index contributed by atoms with van der Waals surface area (Å²) in [7, 11) is 4.66. The summed E-state index contributed by atoms with van der Waals surface area (Å²) < 4.78 is 16.2. The number of methoxy groups -OCH3 is 3. The quantitative estimate of drug-likeness (QED) is 0.112. The predicted molar refractivity (Wildman–Crippen MR) is 196 cm³/mol. The summed E-state index contributed by atoms with van der Waals surface area (Å²) in [6.45, 7) is 0. The van der Waals surface area contributed by atoms with Crippen LogP contribution >= 0.6 is 15.9 Å². The molecule has 1 N–H and O–H groups in total. The Kier molecular flexibility index (Phi) is 9.12. The lowest BCUT2D eigenvalue weighted by atomic mass is 9.61. The van der Waals surface area contributed by atoms with Crippen molar-refractivity contribution in [3.8, 4) is 23.0 Å². The highest BCUT2D eigenvalue weighted by atomic mass is 79.9. The van der Waals surface area contributed by atoms with Crippen molar-refractivity contribution < 1.29 is 38.5 Å². The van der Waals surface area contributed by atoms with E-state index in [0.29, 0.717) is 46.1 Å². The van der Waals surface area contributed by atoms with E-state index < -0.39 is 23.7 Å². The molecule has 1 aliphatic heterocycles. The number of anilines is 1. The number of Topliss-reactive ketones (excluding diaryl/α,β-unsaturated/α-hetero) is 1. The zero-order valence-corrected chi connectivity index (χ0v) is 29.7. The average molecular weight is 749 g/mol. The zero-order valence-electron chi connectivity index (χ0n) is 28.1. The standard InChI is InChI=1S/C41H34BrNO8/c1-49-26-12-17-35(50-2)24(19-26)9-4-22-5-10-25(11-6-22)43-40(47)29-15-14-27-28(13-7-23-8-16-33(44)36(18-23)51-3)37-31(20-30(27)38(29)41(43)48)39(46)32(42)21-34(37)45/h4-14,16-19,21,28-30,38,44H,15,20H2,1-3H3/t28-,29-,30+,38-/m0/s1. The normalized spacial score (nSPS) is 22.9. The predicted octanol–water partition coefficient (Wildman–Crippen LogP) is 7.10. The molecule has 0 radical (unpaired) electrons. The number of ether oxygens (including phenoxy) is 3. The Balaban J connectivity index is 1.19. The molecule has 7 rings (SSSR count). The van der Waals surface area contributed by atoms with Crippen LogP contribution in [0.4, 0.5) is 5.69 Å². The van der Waals surface area contributed by atoms with Crippen molar-refractivity contribution in [2.75, 3.05) is 26.2 Å². The third-order valence-corrected chi connectivity index (χ3v) is 10.7. The summed E-state index contributed by atoms with van der Waals surface area (Å²) >= 11 is 3.26. The van der Waals surface area contributed by atoms with Gasteiger partial charge in [0, 0.05) is 28.7 Å². The molecule has 0 spiro atoms. The summed E-state index contributed by atoms with van der Waals surface area (Å²) in [6, 6.07) is 17.6. The lowest BCUT2D eigenvalue weighted by molar-refractivity contribution is -0.123. The summed E-state index contributed by atoms with van der Waals surface area (Å²) in [4.78, 5) is 56.4. The molecule has 0 saturated carbocycles. The minimum absolute atomic E-state index is 0.00424. The van der Waals surface area contributed by atoms with Crippen molar-refractivity contribution in [1.82, 2.24) is 0 Å². The first-order chi connectivity index (χ1) is 24.6. The first-order valence-electron chi connectivity index (χ1n) is 16.5. The molecule has 10 heteroatoms. The van der Waals surface area contributed by atoms with Crippen molar-refractivity contribution >= 4 is 63.2 Å². The van der Waals surface area contributed by atoms with E-state index in [2.05, 4.69) is 15.9 Å². The molecule has 1 saturated heterocycles. The highest BCUT2D eigenvalue weighted by Gasteiger charge is 2.56. The number of carbonyl (C=O) groups excluding carboxylic acids is 4. The van der Waals surface area contributed by atoms with E-state index in [-0.39, 0.29) is 40.0 Å². The molecule has 4 atom stereocenters. The smallest absolute Gasteiger partial charge is 0.238 e. The Morgan fingerprint density at radius 2 is 1.55 bits per heavy atom.